The molecule has 34 heavy (non-hydrogen) atoms. The van der Waals surface area contributed by atoms with E-state index in [-0.39, 0.29) is 24.4 Å². The van der Waals surface area contributed by atoms with Crippen molar-refractivity contribution in [3.63, 3.8) is 0 Å². The summed E-state index contributed by atoms with van der Waals surface area (Å²) in [6.07, 6.45) is 0.208. The van der Waals surface area contributed by atoms with Gasteiger partial charge in [0.25, 0.3) is 0 Å². The number of rotatable bonds is 9. The SMILES string of the molecule is CC[C@@H](CC(=O)NC(CC(C)(C)C)C(=O)O)NC(=O)OCC1c2ccccc2-c2ccccc21. The fourth-order valence-electron chi connectivity index (χ4n) is 4.39. The Bertz CT molecular complexity index is 998. The standard InChI is InChI=1S/C27H34N2O5/c1-5-17(14-24(30)29-23(25(31)32)15-27(2,3)4)28-26(33)34-16-22-20-12-8-6-10-18(20)19-11-7-9-13-21(19)22/h6-13,17,22-23H,5,14-16H2,1-4H3,(H,28,33)(H,29,30)(H,31,32)/t17-,23?/m0/s1. The van der Waals surface area contributed by atoms with Gasteiger partial charge in [0.05, 0.1) is 0 Å². The molecule has 0 aromatic heterocycles. The Kier molecular flexibility index (Phi) is 7.97. The van der Waals surface area contributed by atoms with E-state index in [1.54, 1.807) is 0 Å². The highest BCUT2D eigenvalue weighted by Crippen LogP contribution is 2.44. The lowest BCUT2D eigenvalue weighted by atomic mass is 9.88. The predicted octanol–water partition coefficient (Wildman–Crippen LogP) is 4.70. The van der Waals surface area contributed by atoms with E-state index in [0.717, 1.165) is 22.3 Å². The number of hydrogen-bond acceptors (Lipinski definition) is 4. The highest BCUT2D eigenvalue weighted by atomic mass is 16.5. The number of hydrogen-bond donors (Lipinski definition) is 3. The van der Waals surface area contributed by atoms with Gasteiger partial charge in [0.2, 0.25) is 5.91 Å². The summed E-state index contributed by atoms with van der Waals surface area (Å²) in [6, 6.07) is 14.8. The predicted molar refractivity (Wildman–Crippen MR) is 131 cm³/mol. The molecule has 0 spiro atoms. The topological polar surface area (TPSA) is 105 Å². The van der Waals surface area contributed by atoms with E-state index in [0.29, 0.717) is 12.8 Å². The van der Waals surface area contributed by atoms with Crippen molar-refractivity contribution in [2.24, 2.45) is 5.41 Å². The second-order valence-electron chi connectivity index (χ2n) is 10.0. The average Bonchev–Trinajstić information content (AvgIpc) is 3.09. The van der Waals surface area contributed by atoms with E-state index < -0.39 is 30.1 Å². The fourth-order valence-corrected chi connectivity index (χ4v) is 4.39. The van der Waals surface area contributed by atoms with E-state index >= 15 is 0 Å². The Hall–Kier alpha value is -3.35. The molecule has 1 aliphatic carbocycles. The zero-order valence-corrected chi connectivity index (χ0v) is 20.3. The first-order chi connectivity index (χ1) is 16.1. The van der Waals surface area contributed by atoms with Crippen LogP contribution >= 0.6 is 0 Å². The van der Waals surface area contributed by atoms with Gasteiger partial charge < -0.3 is 20.5 Å². The Labute approximate surface area is 200 Å². The third kappa shape index (κ3) is 6.37. The second kappa shape index (κ2) is 10.7. The van der Waals surface area contributed by atoms with Crippen molar-refractivity contribution < 1.29 is 24.2 Å². The number of carbonyl (C=O) groups excluding carboxylic acids is 2. The first kappa shape index (κ1) is 25.3. The minimum absolute atomic E-state index is 0.0192. The van der Waals surface area contributed by atoms with Crippen molar-refractivity contribution in [1.82, 2.24) is 10.6 Å². The molecule has 2 aromatic carbocycles. The van der Waals surface area contributed by atoms with Crippen LogP contribution in [0.5, 0.6) is 0 Å². The molecule has 0 fully saturated rings. The minimum Gasteiger partial charge on any atom is -0.480 e. The molecule has 2 atom stereocenters. The number of amides is 2. The molecule has 7 heteroatoms. The number of nitrogens with one attached hydrogen (secondary N) is 2. The summed E-state index contributed by atoms with van der Waals surface area (Å²) in [6.45, 7) is 7.80. The molecule has 3 N–H and O–H groups in total. The van der Waals surface area contributed by atoms with Crippen LogP contribution in [0.15, 0.2) is 48.5 Å². The molecule has 0 aliphatic heterocycles. The Morgan fingerprint density at radius 3 is 2.03 bits per heavy atom. The maximum atomic E-state index is 12.5. The van der Waals surface area contributed by atoms with E-state index in [2.05, 4.69) is 34.9 Å². The van der Waals surface area contributed by atoms with Gasteiger partial charge in [-0.2, -0.15) is 0 Å². The Morgan fingerprint density at radius 1 is 0.971 bits per heavy atom. The number of benzene rings is 2. The quantitative estimate of drug-likeness (QED) is 0.497. The van der Waals surface area contributed by atoms with Crippen LogP contribution in [0.1, 0.15) is 64.0 Å². The molecular weight excluding hydrogens is 432 g/mol. The molecule has 0 radical (unpaired) electrons. The van der Waals surface area contributed by atoms with Crippen molar-refractivity contribution in [2.45, 2.75) is 65.0 Å². The van der Waals surface area contributed by atoms with Crippen LogP contribution in [0, 0.1) is 5.41 Å². The summed E-state index contributed by atoms with van der Waals surface area (Å²) >= 11 is 0. The zero-order valence-electron chi connectivity index (χ0n) is 20.3. The summed E-state index contributed by atoms with van der Waals surface area (Å²) in [5, 5.41) is 14.8. The lowest BCUT2D eigenvalue weighted by molar-refractivity contribution is -0.142. The molecular formula is C27H34N2O5. The molecule has 0 heterocycles. The van der Waals surface area contributed by atoms with Gasteiger partial charge in [-0.1, -0.05) is 76.2 Å². The van der Waals surface area contributed by atoms with Gasteiger partial charge in [0.15, 0.2) is 0 Å². The number of aliphatic carboxylic acids is 1. The number of carboxylic acid groups (broad SMARTS) is 1. The number of carboxylic acids is 1. The van der Waals surface area contributed by atoms with Crippen LogP contribution in [-0.4, -0.2) is 41.8 Å². The highest BCUT2D eigenvalue weighted by molar-refractivity contribution is 5.84. The average molecular weight is 467 g/mol. The van der Waals surface area contributed by atoms with Crippen LogP contribution in [-0.2, 0) is 14.3 Å². The van der Waals surface area contributed by atoms with Crippen LogP contribution < -0.4 is 10.6 Å². The molecule has 3 rings (SSSR count). The zero-order chi connectivity index (χ0) is 24.9. The number of carbonyl (C=O) groups is 3. The van der Waals surface area contributed by atoms with Crippen LogP contribution in [0.2, 0.25) is 0 Å². The smallest absolute Gasteiger partial charge is 0.407 e. The molecule has 7 nitrogen and oxygen atoms in total. The molecule has 1 unspecified atom stereocenters. The van der Waals surface area contributed by atoms with Crippen LogP contribution in [0.25, 0.3) is 11.1 Å². The van der Waals surface area contributed by atoms with Gasteiger partial charge in [-0.3, -0.25) is 4.79 Å². The molecule has 0 saturated carbocycles. The Balaban J connectivity index is 1.56. The summed E-state index contributed by atoms with van der Waals surface area (Å²) in [4.78, 5) is 36.5. The van der Waals surface area contributed by atoms with Crippen molar-refractivity contribution in [1.29, 1.82) is 0 Å². The van der Waals surface area contributed by atoms with E-state index in [1.165, 1.54) is 0 Å². The van der Waals surface area contributed by atoms with Gasteiger partial charge in [-0.05, 0) is 40.5 Å². The van der Waals surface area contributed by atoms with Crippen molar-refractivity contribution in [3.8, 4) is 11.1 Å². The van der Waals surface area contributed by atoms with E-state index in [9.17, 15) is 19.5 Å². The molecule has 2 aromatic rings. The monoisotopic (exact) mass is 466 g/mol. The maximum absolute atomic E-state index is 12.5. The van der Waals surface area contributed by atoms with Crippen molar-refractivity contribution in [2.75, 3.05) is 6.61 Å². The van der Waals surface area contributed by atoms with Crippen molar-refractivity contribution in [3.05, 3.63) is 59.7 Å². The lowest BCUT2D eigenvalue weighted by Gasteiger charge is -2.25. The first-order valence-electron chi connectivity index (χ1n) is 11.7. The normalized spacial score (nSPS) is 14.5. The van der Waals surface area contributed by atoms with Crippen LogP contribution in [0.4, 0.5) is 4.79 Å². The minimum atomic E-state index is -1.07. The largest absolute Gasteiger partial charge is 0.480 e. The number of fused-ring (bicyclic) bond motifs is 3. The van der Waals surface area contributed by atoms with Gasteiger partial charge in [0.1, 0.15) is 12.6 Å². The third-order valence-electron chi connectivity index (χ3n) is 6.04. The molecule has 2 amide bonds. The lowest BCUT2D eigenvalue weighted by Crippen LogP contribution is -2.46. The molecule has 0 bridgehead atoms. The van der Waals surface area contributed by atoms with E-state index in [1.807, 2.05) is 52.0 Å². The van der Waals surface area contributed by atoms with Gasteiger partial charge in [-0.25, -0.2) is 9.59 Å². The third-order valence-corrected chi connectivity index (χ3v) is 6.04. The summed E-state index contributed by atoms with van der Waals surface area (Å²) < 4.78 is 5.56. The van der Waals surface area contributed by atoms with Gasteiger partial charge in [0, 0.05) is 18.4 Å². The number of alkyl carbamates (subject to hydrolysis) is 1. The summed E-state index contributed by atoms with van der Waals surface area (Å²) in [7, 11) is 0. The Morgan fingerprint density at radius 2 is 1.53 bits per heavy atom. The summed E-state index contributed by atoms with van der Waals surface area (Å²) in [5.41, 5.74) is 4.31. The maximum Gasteiger partial charge on any atom is 0.407 e. The van der Waals surface area contributed by atoms with Crippen molar-refractivity contribution >= 4 is 18.0 Å². The molecule has 1 aliphatic rings. The van der Waals surface area contributed by atoms with E-state index in [4.69, 9.17) is 4.74 Å². The van der Waals surface area contributed by atoms with Gasteiger partial charge in [-0.15, -0.1) is 0 Å². The fraction of sp³-hybridized carbons (Fsp3) is 0.444. The molecule has 0 saturated heterocycles. The van der Waals surface area contributed by atoms with Gasteiger partial charge >= 0.3 is 12.1 Å². The first-order valence-corrected chi connectivity index (χ1v) is 11.7. The number of ether oxygens (including phenoxy) is 1. The van der Waals surface area contributed by atoms with Crippen LogP contribution in [0.3, 0.4) is 0 Å². The molecule has 182 valence electrons. The second-order valence-corrected chi connectivity index (χ2v) is 10.0. The summed E-state index contributed by atoms with van der Waals surface area (Å²) in [5.74, 6) is -1.53. The highest BCUT2D eigenvalue weighted by Gasteiger charge is 2.30.